The summed E-state index contributed by atoms with van der Waals surface area (Å²) in [6.07, 6.45) is 10.7. The quantitative estimate of drug-likeness (QED) is 0.287. The number of nitrogens with one attached hydrogen (secondary N) is 1. The van der Waals surface area contributed by atoms with Gasteiger partial charge >= 0.3 is 0 Å². The molecule has 3 nitrogen and oxygen atoms in total. The fraction of sp³-hybridized carbons (Fsp3) is 0.867. The lowest BCUT2D eigenvalue weighted by molar-refractivity contribution is 0.0589. The highest BCUT2D eigenvalue weighted by Gasteiger charge is 2.43. The van der Waals surface area contributed by atoms with Crippen molar-refractivity contribution >= 4 is 0 Å². The number of nitrogens with two attached hydrogens (primary N) is 1. The van der Waals surface area contributed by atoms with Crippen molar-refractivity contribution in [3.05, 3.63) is 12.7 Å². The first-order valence-corrected chi connectivity index (χ1v) is 7.57. The second-order valence-corrected chi connectivity index (χ2v) is 5.42. The number of rotatable bonds is 9. The van der Waals surface area contributed by atoms with Crippen molar-refractivity contribution in [1.82, 2.24) is 10.3 Å². The van der Waals surface area contributed by atoms with E-state index in [0.29, 0.717) is 11.6 Å². The molecule has 3 N–H and O–H groups in total. The molecule has 0 saturated heterocycles. The third kappa shape index (κ3) is 3.34. The Bertz CT molecular complexity index is 230. The Hall–Kier alpha value is -0.380. The van der Waals surface area contributed by atoms with Crippen molar-refractivity contribution in [2.24, 2.45) is 5.84 Å². The summed E-state index contributed by atoms with van der Waals surface area (Å²) in [5.41, 5.74) is 3.41. The normalized spacial score (nSPS) is 20.2. The fourth-order valence-electron chi connectivity index (χ4n) is 3.70. The molecule has 1 atom stereocenters. The van der Waals surface area contributed by atoms with Crippen LogP contribution < -0.4 is 11.3 Å². The zero-order valence-corrected chi connectivity index (χ0v) is 12.3. The van der Waals surface area contributed by atoms with E-state index in [-0.39, 0.29) is 0 Å². The number of allylic oxidation sites excluding steroid dienone is 1. The van der Waals surface area contributed by atoms with E-state index in [2.05, 4.69) is 30.8 Å². The number of hydrogen-bond donors (Lipinski definition) is 2. The first-order valence-electron chi connectivity index (χ1n) is 7.57. The topological polar surface area (TPSA) is 41.3 Å². The molecule has 1 aliphatic carbocycles. The maximum Gasteiger partial charge on any atom is 0.0394 e. The van der Waals surface area contributed by atoms with Crippen LogP contribution in [-0.2, 0) is 0 Å². The molecular weight excluding hydrogens is 222 g/mol. The lowest BCUT2D eigenvalue weighted by Gasteiger charge is -2.46. The predicted molar refractivity (Wildman–Crippen MR) is 79.3 cm³/mol. The van der Waals surface area contributed by atoms with Gasteiger partial charge in [-0.1, -0.05) is 32.8 Å². The average Bonchev–Trinajstić information content (AvgIpc) is 2.86. The minimum Gasteiger partial charge on any atom is -0.297 e. The Balaban J connectivity index is 2.76. The van der Waals surface area contributed by atoms with Crippen molar-refractivity contribution < 1.29 is 0 Å². The Morgan fingerprint density at radius 3 is 2.39 bits per heavy atom. The summed E-state index contributed by atoms with van der Waals surface area (Å²) in [6, 6.07) is 0.417. The lowest BCUT2D eigenvalue weighted by Crippen LogP contribution is -2.61. The van der Waals surface area contributed by atoms with Gasteiger partial charge in [0.1, 0.15) is 0 Å². The number of nitrogens with zero attached hydrogens (tertiary/aromatic N) is 1. The Morgan fingerprint density at radius 1 is 1.33 bits per heavy atom. The van der Waals surface area contributed by atoms with Crippen LogP contribution in [0.25, 0.3) is 0 Å². The largest absolute Gasteiger partial charge is 0.297 e. The average molecular weight is 253 g/mol. The molecule has 0 aromatic heterocycles. The summed E-state index contributed by atoms with van der Waals surface area (Å²) in [5, 5.41) is 0. The maximum absolute atomic E-state index is 5.86. The molecule has 0 aromatic carbocycles. The van der Waals surface area contributed by atoms with Gasteiger partial charge in [-0.25, -0.2) is 0 Å². The highest BCUT2D eigenvalue weighted by molar-refractivity contribution is 5.02. The van der Waals surface area contributed by atoms with E-state index >= 15 is 0 Å². The van der Waals surface area contributed by atoms with Crippen molar-refractivity contribution in [2.75, 3.05) is 13.1 Å². The molecule has 0 amide bonds. The summed E-state index contributed by atoms with van der Waals surface area (Å²) >= 11 is 0. The van der Waals surface area contributed by atoms with Gasteiger partial charge in [0.25, 0.3) is 0 Å². The molecule has 18 heavy (non-hydrogen) atoms. The van der Waals surface area contributed by atoms with Crippen molar-refractivity contribution in [1.29, 1.82) is 0 Å². The smallest absolute Gasteiger partial charge is 0.0394 e. The Labute approximate surface area is 113 Å². The molecule has 0 radical (unpaired) electrons. The van der Waals surface area contributed by atoms with Crippen molar-refractivity contribution in [2.45, 2.75) is 70.4 Å². The van der Waals surface area contributed by atoms with Crippen LogP contribution in [0.15, 0.2) is 12.7 Å². The van der Waals surface area contributed by atoms with Gasteiger partial charge in [-0.05, 0) is 45.2 Å². The SMILES string of the molecule is C=CCCCC(NN)C1(N(CC)CC)CCCC1. The molecular formula is C15H31N3. The highest BCUT2D eigenvalue weighted by atomic mass is 15.3. The van der Waals surface area contributed by atoms with Gasteiger partial charge in [0.05, 0.1) is 0 Å². The standard InChI is InChI=1S/C15H31N3/c1-4-7-8-11-14(17-16)15(12-9-10-13-15)18(5-2)6-3/h4,14,17H,1,5-13,16H2,2-3H3. The second-order valence-electron chi connectivity index (χ2n) is 5.42. The minimum absolute atomic E-state index is 0.291. The molecule has 1 unspecified atom stereocenters. The van der Waals surface area contributed by atoms with E-state index in [9.17, 15) is 0 Å². The van der Waals surface area contributed by atoms with Gasteiger partial charge in [0, 0.05) is 11.6 Å². The van der Waals surface area contributed by atoms with Gasteiger partial charge in [-0.3, -0.25) is 16.2 Å². The summed E-state index contributed by atoms with van der Waals surface area (Å²) in [7, 11) is 0. The third-order valence-electron chi connectivity index (χ3n) is 4.61. The molecule has 1 fully saturated rings. The number of likely N-dealkylation sites (N-methyl/N-ethyl adjacent to an activating group) is 1. The third-order valence-corrected chi connectivity index (χ3v) is 4.61. The van der Waals surface area contributed by atoms with Crippen LogP contribution in [0.4, 0.5) is 0 Å². The van der Waals surface area contributed by atoms with Crippen LogP contribution in [0.3, 0.4) is 0 Å². The Kier molecular flexibility index (Phi) is 6.90. The van der Waals surface area contributed by atoms with E-state index in [4.69, 9.17) is 5.84 Å². The van der Waals surface area contributed by atoms with E-state index in [1.807, 2.05) is 6.08 Å². The van der Waals surface area contributed by atoms with Crippen LogP contribution in [-0.4, -0.2) is 29.6 Å². The van der Waals surface area contributed by atoms with Gasteiger partial charge in [-0.15, -0.1) is 6.58 Å². The van der Waals surface area contributed by atoms with E-state index in [0.717, 1.165) is 25.9 Å². The monoisotopic (exact) mass is 253 g/mol. The summed E-state index contributed by atoms with van der Waals surface area (Å²) in [4.78, 5) is 2.62. The summed E-state index contributed by atoms with van der Waals surface area (Å²) in [6.45, 7) is 10.6. The second kappa shape index (κ2) is 7.93. The Morgan fingerprint density at radius 2 is 1.94 bits per heavy atom. The fourth-order valence-corrected chi connectivity index (χ4v) is 3.70. The zero-order valence-electron chi connectivity index (χ0n) is 12.3. The molecule has 0 bridgehead atoms. The van der Waals surface area contributed by atoms with Gasteiger partial charge in [0.15, 0.2) is 0 Å². The van der Waals surface area contributed by atoms with Crippen LogP contribution in [0.2, 0.25) is 0 Å². The molecule has 0 spiro atoms. The lowest BCUT2D eigenvalue weighted by atomic mass is 9.83. The summed E-state index contributed by atoms with van der Waals surface area (Å²) in [5.74, 6) is 5.86. The van der Waals surface area contributed by atoms with Gasteiger partial charge < -0.3 is 0 Å². The molecule has 0 heterocycles. The van der Waals surface area contributed by atoms with Crippen molar-refractivity contribution in [3.63, 3.8) is 0 Å². The molecule has 106 valence electrons. The molecule has 3 heteroatoms. The van der Waals surface area contributed by atoms with Crippen LogP contribution in [0.1, 0.15) is 58.8 Å². The summed E-state index contributed by atoms with van der Waals surface area (Å²) < 4.78 is 0. The highest BCUT2D eigenvalue weighted by Crippen LogP contribution is 2.39. The number of unbranched alkanes of at least 4 members (excludes halogenated alkanes) is 1. The predicted octanol–water partition coefficient (Wildman–Crippen LogP) is 2.83. The minimum atomic E-state index is 0.291. The molecule has 1 saturated carbocycles. The van der Waals surface area contributed by atoms with E-state index in [1.54, 1.807) is 0 Å². The van der Waals surface area contributed by atoms with Crippen LogP contribution >= 0.6 is 0 Å². The number of hydrogen-bond acceptors (Lipinski definition) is 3. The molecule has 1 aliphatic rings. The first kappa shape index (κ1) is 15.7. The van der Waals surface area contributed by atoms with Gasteiger partial charge in [0.2, 0.25) is 0 Å². The van der Waals surface area contributed by atoms with E-state index < -0.39 is 0 Å². The van der Waals surface area contributed by atoms with Gasteiger partial charge in [-0.2, -0.15) is 0 Å². The maximum atomic E-state index is 5.86. The first-order chi connectivity index (χ1) is 8.75. The molecule has 1 rings (SSSR count). The molecule has 0 aliphatic heterocycles. The van der Waals surface area contributed by atoms with E-state index in [1.165, 1.54) is 32.1 Å². The molecule has 0 aromatic rings. The zero-order chi connectivity index (χ0) is 13.4. The van der Waals surface area contributed by atoms with Crippen LogP contribution in [0.5, 0.6) is 0 Å². The van der Waals surface area contributed by atoms with Crippen molar-refractivity contribution in [3.8, 4) is 0 Å². The van der Waals surface area contributed by atoms with Crippen LogP contribution in [0, 0.1) is 0 Å². The number of hydrazine groups is 1.